The Morgan fingerprint density at radius 1 is 1.21 bits per heavy atom. The number of benzene rings is 2. The first-order valence-electron chi connectivity index (χ1n) is 14.6. The summed E-state index contributed by atoms with van der Waals surface area (Å²) in [6.07, 6.45) is 8.83. The van der Waals surface area contributed by atoms with Crippen molar-refractivity contribution in [2.24, 2.45) is 11.8 Å². The smallest absolute Gasteiger partial charge is 0.302 e. The van der Waals surface area contributed by atoms with Crippen molar-refractivity contribution in [1.82, 2.24) is 9.80 Å². The molecule has 6 heteroatoms. The molecule has 2 unspecified atom stereocenters. The lowest BCUT2D eigenvalue weighted by Crippen LogP contribution is -2.69. The molecule has 1 saturated heterocycles. The summed E-state index contributed by atoms with van der Waals surface area (Å²) in [6.45, 7) is 5.60. The molecule has 1 amide bonds. The van der Waals surface area contributed by atoms with Crippen LogP contribution in [0.4, 0.5) is 0 Å². The standard InChI is InChI=1S/C33H38N2O4/c1-20-6-4-7-22(16-20)10-13-30(37)34(3)26-12-11-25-27-17-23-8-5-9-28-31(23)33(25,32(26)39-28)14-15-35(27)19-24-18-29(24)38-21(2)36/h4-10,13,16,24-27,29,32H,11-12,14-15,17-19H2,1-3H3/t24?,25-,26+,27+,29?,32-,33-/m0/s1. The SMILES string of the molecule is CC(=O)OC1CC1CN1CC[C@]23c4c5cccc4O[C@H]2[C@H](N(C)C(=O)C=Cc2cccc(C)c2)CC[C@H]3[C@H]1C5. The predicted molar refractivity (Wildman–Crippen MR) is 149 cm³/mol. The van der Waals surface area contributed by atoms with Gasteiger partial charge in [-0.3, -0.25) is 14.5 Å². The Bertz CT molecular complexity index is 1350. The molecule has 0 radical (unpaired) electrons. The molecule has 39 heavy (non-hydrogen) atoms. The number of hydrogen-bond donors (Lipinski definition) is 0. The zero-order valence-electron chi connectivity index (χ0n) is 23.1. The van der Waals surface area contributed by atoms with Gasteiger partial charge in [0.25, 0.3) is 0 Å². The molecule has 7 rings (SSSR count). The van der Waals surface area contributed by atoms with Crippen molar-refractivity contribution in [2.75, 3.05) is 20.1 Å². The molecule has 3 fully saturated rings. The molecule has 2 aromatic rings. The van der Waals surface area contributed by atoms with Crippen LogP contribution in [0.1, 0.15) is 54.9 Å². The number of amides is 1. The molecular formula is C33H38N2O4. The molecule has 5 aliphatic rings. The maximum atomic E-state index is 13.4. The van der Waals surface area contributed by atoms with Crippen LogP contribution in [-0.2, 0) is 26.2 Å². The van der Waals surface area contributed by atoms with Crippen molar-refractivity contribution in [3.05, 3.63) is 70.8 Å². The van der Waals surface area contributed by atoms with Gasteiger partial charge in [0, 0.05) is 49.5 Å². The minimum absolute atomic E-state index is 0.0200. The van der Waals surface area contributed by atoms with Crippen molar-refractivity contribution in [1.29, 1.82) is 0 Å². The Kier molecular flexibility index (Phi) is 5.89. The van der Waals surface area contributed by atoms with Crippen LogP contribution in [-0.4, -0.2) is 66.1 Å². The molecule has 6 nitrogen and oxygen atoms in total. The average Bonchev–Trinajstić information content (AvgIpc) is 3.54. The fourth-order valence-corrected chi connectivity index (χ4v) is 8.49. The topological polar surface area (TPSA) is 59.1 Å². The second-order valence-corrected chi connectivity index (χ2v) is 12.5. The van der Waals surface area contributed by atoms with E-state index in [1.807, 2.05) is 30.2 Å². The van der Waals surface area contributed by atoms with Gasteiger partial charge in [-0.25, -0.2) is 0 Å². The molecular weight excluding hydrogens is 488 g/mol. The number of aryl methyl sites for hydroxylation is 1. The van der Waals surface area contributed by atoms with Gasteiger partial charge in [0.1, 0.15) is 18.0 Å². The Morgan fingerprint density at radius 2 is 2.05 bits per heavy atom. The minimum atomic E-state index is -0.170. The summed E-state index contributed by atoms with van der Waals surface area (Å²) in [5.41, 5.74) is 5.04. The van der Waals surface area contributed by atoms with Gasteiger partial charge in [-0.1, -0.05) is 42.0 Å². The highest BCUT2D eigenvalue weighted by Gasteiger charge is 2.66. The third-order valence-electron chi connectivity index (χ3n) is 10.2. The molecule has 2 bridgehead atoms. The molecule has 0 N–H and O–H groups in total. The number of carbonyl (C=O) groups is 2. The fourth-order valence-electron chi connectivity index (χ4n) is 8.49. The van der Waals surface area contributed by atoms with E-state index in [2.05, 4.69) is 42.2 Å². The Morgan fingerprint density at radius 3 is 2.87 bits per heavy atom. The van der Waals surface area contributed by atoms with Crippen molar-refractivity contribution in [3.63, 3.8) is 0 Å². The zero-order chi connectivity index (χ0) is 26.9. The van der Waals surface area contributed by atoms with Gasteiger partial charge in [0.2, 0.25) is 5.91 Å². The second kappa shape index (κ2) is 9.22. The molecule has 3 aliphatic carbocycles. The van der Waals surface area contributed by atoms with Crippen LogP contribution in [0.2, 0.25) is 0 Å². The molecule has 2 aromatic carbocycles. The van der Waals surface area contributed by atoms with Gasteiger partial charge in [0.05, 0.1) is 6.04 Å². The molecule has 0 aromatic heterocycles. The van der Waals surface area contributed by atoms with E-state index in [4.69, 9.17) is 9.47 Å². The molecule has 2 saturated carbocycles. The Labute approximate surface area is 231 Å². The Balaban J connectivity index is 1.15. The maximum absolute atomic E-state index is 13.4. The molecule has 7 atom stereocenters. The minimum Gasteiger partial charge on any atom is -0.487 e. The van der Waals surface area contributed by atoms with Crippen LogP contribution in [0.5, 0.6) is 5.75 Å². The lowest BCUT2D eigenvalue weighted by molar-refractivity contribution is -0.142. The van der Waals surface area contributed by atoms with E-state index in [1.165, 1.54) is 23.6 Å². The molecule has 1 spiro atoms. The molecule has 2 aliphatic heterocycles. The maximum Gasteiger partial charge on any atom is 0.302 e. The fraction of sp³-hybridized carbons (Fsp3) is 0.515. The summed E-state index contributed by atoms with van der Waals surface area (Å²) < 4.78 is 12.3. The molecule has 2 heterocycles. The number of likely N-dealkylation sites (tertiary alicyclic amines) is 1. The van der Waals surface area contributed by atoms with E-state index < -0.39 is 0 Å². The number of hydrogen-bond acceptors (Lipinski definition) is 5. The number of rotatable bonds is 6. The quantitative estimate of drug-likeness (QED) is 0.409. The number of nitrogens with zero attached hydrogens (tertiary/aromatic N) is 2. The number of esters is 1. The van der Waals surface area contributed by atoms with Gasteiger partial charge in [-0.15, -0.1) is 0 Å². The summed E-state index contributed by atoms with van der Waals surface area (Å²) in [5, 5.41) is 0. The van der Waals surface area contributed by atoms with Gasteiger partial charge in [0.15, 0.2) is 0 Å². The number of ether oxygens (including phenoxy) is 2. The number of piperidine rings is 1. The van der Waals surface area contributed by atoms with Crippen LogP contribution >= 0.6 is 0 Å². The van der Waals surface area contributed by atoms with E-state index in [0.717, 1.165) is 56.5 Å². The van der Waals surface area contributed by atoms with Crippen molar-refractivity contribution in [3.8, 4) is 5.75 Å². The second-order valence-electron chi connectivity index (χ2n) is 12.5. The summed E-state index contributed by atoms with van der Waals surface area (Å²) in [7, 11) is 1.95. The summed E-state index contributed by atoms with van der Waals surface area (Å²) >= 11 is 0. The monoisotopic (exact) mass is 526 g/mol. The van der Waals surface area contributed by atoms with Crippen molar-refractivity contribution >= 4 is 18.0 Å². The van der Waals surface area contributed by atoms with Crippen LogP contribution in [0.25, 0.3) is 6.08 Å². The number of carbonyl (C=O) groups excluding carboxylic acids is 2. The van der Waals surface area contributed by atoms with Crippen LogP contribution in [0, 0.1) is 18.8 Å². The number of likely N-dealkylation sites (N-methyl/N-ethyl adjacent to an activating group) is 1. The van der Waals surface area contributed by atoms with Gasteiger partial charge in [-0.2, -0.15) is 0 Å². The first-order valence-corrected chi connectivity index (χ1v) is 14.6. The van der Waals surface area contributed by atoms with Gasteiger partial charge >= 0.3 is 5.97 Å². The van der Waals surface area contributed by atoms with Gasteiger partial charge < -0.3 is 14.4 Å². The molecule has 204 valence electrons. The Hall–Kier alpha value is -3.12. The van der Waals surface area contributed by atoms with E-state index in [9.17, 15) is 9.59 Å². The van der Waals surface area contributed by atoms with Crippen LogP contribution < -0.4 is 4.74 Å². The normalized spacial score (nSPS) is 33.8. The highest BCUT2D eigenvalue weighted by atomic mass is 16.5. The van der Waals surface area contributed by atoms with Crippen LogP contribution in [0.15, 0.2) is 48.5 Å². The van der Waals surface area contributed by atoms with Crippen LogP contribution in [0.3, 0.4) is 0 Å². The first-order chi connectivity index (χ1) is 18.8. The van der Waals surface area contributed by atoms with Crippen molar-refractivity contribution < 1.29 is 19.1 Å². The summed E-state index contributed by atoms with van der Waals surface area (Å²) in [5.74, 6) is 1.86. The summed E-state index contributed by atoms with van der Waals surface area (Å²) in [6, 6.07) is 15.3. The predicted octanol–water partition coefficient (Wildman–Crippen LogP) is 4.53. The third-order valence-corrected chi connectivity index (χ3v) is 10.2. The van der Waals surface area contributed by atoms with Gasteiger partial charge in [-0.05, 0) is 74.8 Å². The lowest BCUT2D eigenvalue weighted by atomic mass is 9.51. The zero-order valence-corrected chi connectivity index (χ0v) is 23.1. The summed E-state index contributed by atoms with van der Waals surface area (Å²) in [4.78, 5) is 29.5. The first kappa shape index (κ1) is 24.9. The third kappa shape index (κ3) is 4.02. The van der Waals surface area contributed by atoms with E-state index in [1.54, 1.807) is 6.08 Å². The average molecular weight is 527 g/mol. The van der Waals surface area contributed by atoms with Crippen molar-refractivity contribution in [2.45, 2.75) is 75.7 Å². The highest BCUT2D eigenvalue weighted by molar-refractivity contribution is 5.92. The largest absolute Gasteiger partial charge is 0.487 e. The van der Waals surface area contributed by atoms with E-state index in [0.29, 0.717) is 17.9 Å². The lowest BCUT2D eigenvalue weighted by Gasteiger charge is -2.60. The van der Waals surface area contributed by atoms with E-state index >= 15 is 0 Å². The van der Waals surface area contributed by atoms with E-state index in [-0.39, 0.29) is 35.5 Å². The highest BCUT2D eigenvalue weighted by Crippen LogP contribution is 2.62.